The van der Waals surface area contributed by atoms with Crippen molar-refractivity contribution in [3.05, 3.63) is 64.0 Å². The fourth-order valence-electron chi connectivity index (χ4n) is 2.80. The van der Waals surface area contributed by atoms with Crippen LogP contribution in [0.5, 0.6) is 0 Å². The molecule has 1 heterocycles. The molecule has 10 heteroatoms. The summed E-state index contributed by atoms with van der Waals surface area (Å²) in [6.45, 7) is 2.13. The number of nitro groups is 1. The maximum absolute atomic E-state index is 13.7. The molecule has 0 spiro atoms. The minimum atomic E-state index is -0.713. The van der Waals surface area contributed by atoms with Crippen LogP contribution in [-0.4, -0.2) is 42.2 Å². The molecular weight excluding hydrogens is 387 g/mol. The molecule has 0 radical (unpaired) electrons. The number of hydrogen-bond donors (Lipinski definition) is 2. The highest BCUT2D eigenvalue weighted by Crippen LogP contribution is 2.31. The van der Waals surface area contributed by atoms with Gasteiger partial charge in [0.1, 0.15) is 11.5 Å². The summed E-state index contributed by atoms with van der Waals surface area (Å²) in [4.78, 5) is 25.0. The summed E-state index contributed by atoms with van der Waals surface area (Å²) in [5, 5.41) is 16.5. The standard InChI is InChI=1S/C18H17FN4O4S/c19-14-4-2-1-3-13(14)17(24)21-18(28)20-12-5-6-15(16(11-12)23(25)26)22-7-9-27-10-8-22/h1-6,11H,7-10H2,(H2,20,21,24,28). The van der Waals surface area contributed by atoms with E-state index in [0.717, 1.165) is 0 Å². The third-order valence-electron chi connectivity index (χ3n) is 4.13. The van der Waals surface area contributed by atoms with Crippen molar-refractivity contribution in [3.63, 3.8) is 0 Å². The Kier molecular flexibility index (Phi) is 6.12. The van der Waals surface area contributed by atoms with E-state index in [-0.39, 0.29) is 16.4 Å². The summed E-state index contributed by atoms with van der Waals surface area (Å²) in [6, 6.07) is 10.1. The van der Waals surface area contributed by atoms with E-state index in [4.69, 9.17) is 17.0 Å². The number of ether oxygens (including phenoxy) is 1. The Hall–Kier alpha value is -3.11. The van der Waals surface area contributed by atoms with Gasteiger partial charge in [-0.2, -0.15) is 0 Å². The number of carbonyl (C=O) groups excluding carboxylic acids is 1. The zero-order chi connectivity index (χ0) is 20.1. The van der Waals surface area contributed by atoms with E-state index in [0.29, 0.717) is 37.7 Å². The van der Waals surface area contributed by atoms with Crippen LogP contribution in [0.3, 0.4) is 0 Å². The quantitative estimate of drug-likeness (QED) is 0.459. The average Bonchev–Trinajstić information content (AvgIpc) is 2.68. The number of nitrogens with zero attached hydrogens (tertiary/aromatic N) is 2. The number of morpholine rings is 1. The number of benzene rings is 2. The zero-order valence-corrected chi connectivity index (χ0v) is 15.5. The molecule has 2 aromatic carbocycles. The summed E-state index contributed by atoms with van der Waals surface area (Å²) in [5.41, 5.74) is 0.582. The number of rotatable bonds is 4. The first-order chi connectivity index (χ1) is 13.5. The van der Waals surface area contributed by atoms with Crippen LogP contribution in [0.4, 0.5) is 21.5 Å². The van der Waals surface area contributed by atoms with Crippen molar-refractivity contribution in [1.82, 2.24) is 5.32 Å². The van der Waals surface area contributed by atoms with Crippen LogP contribution in [-0.2, 0) is 4.74 Å². The first-order valence-electron chi connectivity index (χ1n) is 8.43. The second-order valence-electron chi connectivity index (χ2n) is 5.95. The summed E-state index contributed by atoms with van der Waals surface area (Å²) >= 11 is 5.06. The Labute approximate surface area is 165 Å². The fraction of sp³-hybridized carbons (Fsp3) is 0.222. The topological polar surface area (TPSA) is 96.7 Å². The molecule has 1 aliphatic rings. The smallest absolute Gasteiger partial charge is 0.294 e. The van der Waals surface area contributed by atoms with Gasteiger partial charge in [-0.3, -0.25) is 20.2 Å². The van der Waals surface area contributed by atoms with E-state index in [1.807, 2.05) is 4.90 Å². The number of halogens is 1. The lowest BCUT2D eigenvalue weighted by Gasteiger charge is -2.28. The summed E-state index contributed by atoms with van der Waals surface area (Å²) in [5.74, 6) is -1.39. The monoisotopic (exact) mass is 404 g/mol. The van der Waals surface area contributed by atoms with E-state index in [1.165, 1.54) is 30.3 Å². The van der Waals surface area contributed by atoms with Crippen molar-refractivity contribution in [1.29, 1.82) is 0 Å². The molecule has 8 nitrogen and oxygen atoms in total. The predicted molar refractivity (Wildman–Crippen MR) is 106 cm³/mol. The lowest BCUT2D eigenvalue weighted by Crippen LogP contribution is -2.36. The fourth-order valence-corrected chi connectivity index (χ4v) is 3.01. The van der Waals surface area contributed by atoms with Gasteiger partial charge in [0.25, 0.3) is 11.6 Å². The molecule has 1 saturated heterocycles. The molecule has 1 aliphatic heterocycles. The molecule has 0 aliphatic carbocycles. The van der Waals surface area contributed by atoms with Crippen molar-refractivity contribution in [2.24, 2.45) is 0 Å². The molecule has 2 N–H and O–H groups in total. The van der Waals surface area contributed by atoms with E-state index >= 15 is 0 Å². The zero-order valence-electron chi connectivity index (χ0n) is 14.7. The molecule has 0 bridgehead atoms. The summed E-state index contributed by atoms with van der Waals surface area (Å²) in [7, 11) is 0. The van der Waals surface area contributed by atoms with Crippen molar-refractivity contribution in [2.75, 3.05) is 36.5 Å². The average molecular weight is 404 g/mol. The Balaban J connectivity index is 1.72. The highest BCUT2D eigenvalue weighted by atomic mass is 32.1. The first-order valence-corrected chi connectivity index (χ1v) is 8.84. The maximum atomic E-state index is 13.7. The molecule has 28 heavy (non-hydrogen) atoms. The minimum absolute atomic E-state index is 0.0878. The van der Waals surface area contributed by atoms with Gasteiger partial charge in [-0.25, -0.2) is 4.39 Å². The highest BCUT2D eigenvalue weighted by molar-refractivity contribution is 7.80. The third kappa shape index (κ3) is 4.59. The number of carbonyl (C=O) groups is 1. The van der Waals surface area contributed by atoms with Gasteiger partial charge in [-0.1, -0.05) is 12.1 Å². The van der Waals surface area contributed by atoms with E-state index < -0.39 is 16.6 Å². The van der Waals surface area contributed by atoms with Gasteiger partial charge >= 0.3 is 0 Å². The summed E-state index contributed by atoms with van der Waals surface area (Å²) in [6.07, 6.45) is 0. The molecule has 1 fully saturated rings. The van der Waals surface area contributed by atoms with Gasteiger partial charge in [-0.05, 0) is 36.5 Å². The van der Waals surface area contributed by atoms with Crippen LogP contribution in [0, 0.1) is 15.9 Å². The molecule has 0 unspecified atom stereocenters. The second kappa shape index (κ2) is 8.72. The van der Waals surface area contributed by atoms with Crippen molar-refractivity contribution in [2.45, 2.75) is 0 Å². The van der Waals surface area contributed by atoms with Crippen molar-refractivity contribution >= 4 is 40.3 Å². The number of hydrogen-bond acceptors (Lipinski definition) is 6. The SMILES string of the molecule is O=C(NC(=S)Nc1ccc(N2CCOCC2)c([N+](=O)[O-])c1)c1ccccc1F. The Morgan fingerprint density at radius 1 is 1.21 bits per heavy atom. The molecule has 0 atom stereocenters. The van der Waals surface area contributed by atoms with E-state index in [9.17, 15) is 19.3 Å². The Morgan fingerprint density at radius 2 is 1.93 bits per heavy atom. The Morgan fingerprint density at radius 3 is 2.61 bits per heavy atom. The molecule has 1 amide bonds. The normalized spacial score (nSPS) is 13.7. The summed E-state index contributed by atoms with van der Waals surface area (Å²) < 4.78 is 18.9. The highest BCUT2D eigenvalue weighted by Gasteiger charge is 2.22. The molecule has 0 aromatic heterocycles. The second-order valence-corrected chi connectivity index (χ2v) is 6.36. The number of nitrogens with one attached hydrogen (secondary N) is 2. The molecule has 2 aromatic rings. The van der Waals surface area contributed by atoms with Crippen LogP contribution < -0.4 is 15.5 Å². The number of amides is 1. The van der Waals surface area contributed by atoms with Crippen molar-refractivity contribution in [3.8, 4) is 0 Å². The van der Waals surface area contributed by atoms with Gasteiger partial charge in [0.2, 0.25) is 0 Å². The maximum Gasteiger partial charge on any atom is 0.294 e. The lowest BCUT2D eigenvalue weighted by molar-refractivity contribution is -0.384. The lowest BCUT2D eigenvalue weighted by atomic mass is 10.2. The largest absolute Gasteiger partial charge is 0.378 e. The molecule has 3 rings (SSSR count). The van der Waals surface area contributed by atoms with E-state index in [1.54, 1.807) is 12.1 Å². The van der Waals surface area contributed by atoms with Crippen LogP contribution in [0.2, 0.25) is 0 Å². The van der Waals surface area contributed by atoms with Crippen LogP contribution in [0.25, 0.3) is 0 Å². The van der Waals surface area contributed by atoms with Gasteiger partial charge < -0.3 is 15.0 Å². The molecule has 0 saturated carbocycles. The number of anilines is 2. The number of nitro benzene ring substituents is 1. The van der Waals surface area contributed by atoms with Crippen LogP contribution in [0.1, 0.15) is 10.4 Å². The van der Waals surface area contributed by atoms with Crippen LogP contribution in [0.15, 0.2) is 42.5 Å². The van der Waals surface area contributed by atoms with E-state index in [2.05, 4.69) is 10.6 Å². The van der Waals surface area contributed by atoms with Gasteiger partial charge in [0.05, 0.1) is 23.7 Å². The molecule has 146 valence electrons. The van der Waals surface area contributed by atoms with Crippen molar-refractivity contribution < 1.29 is 18.8 Å². The minimum Gasteiger partial charge on any atom is -0.378 e. The van der Waals surface area contributed by atoms with Gasteiger partial charge in [0, 0.05) is 24.8 Å². The Bertz CT molecular complexity index is 918. The van der Waals surface area contributed by atoms with Crippen LogP contribution >= 0.6 is 12.2 Å². The predicted octanol–water partition coefficient (Wildman–Crippen LogP) is 2.70. The number of thiocarbonyl (C=S) groups is 1. The molecular formula is C18H17FN4O4S. The van der Waals surface area contributed by atoms with Gasteiger partial charge in [0.15, 0.2) is 5.11 Å². The van der Waals surface area contributed by atoms with Gasteiger partial charge in [-0.15, -0.1) is 0 Å². The first kappa shape index (κ1) is 19.6. The third-order valence-corrected chi connectivity index (χ3v) is 4.33.